The lowest BCUT2D eigenvalue weighted by molar-refractivity contribution is -0.137. The Morgan fingerprint density at radius 3 is 2.18 bits per heavy atom. The van der Waals surface area contributed by atoms with Crippen LogP contribution < -0.4 is 5.32 Å². The fourth-order valence-corrected chi connectivity index (χ4v) is 2.59. The molecule has 0 spiro atoms. The zero-order valence-electron chi connectivity index (χ0n) is 17.1. The number of ketones is 1. The number of rotatable bonds is 14. The highest BCUT2D eigenvalue weighted by atomic mass is 16.5. The number of nitrogens with zero attached hydrogens (tertiary/aromatic N) is 1. The number of carbonyl (C=O) groups excluding carboxylic acids is 4. The van der Waals surface area contributed by atoms with Gasteiger partial charge in [0.25, 0.3) is 11.8 Å². The maximum Gasteiger partial charge on any atom is 0.253 e. The summed E-state index contributed by atoms with van der Waals surface area (Å²) < 4.78 is 10.8. The second-order valence-corrected chi connectivity index (χ2v) is 7.87. The fraction of sp³-hybridized carbons (Fsp3) is 0.700. The normalized spacial score (nSPS) is 14.0. The van der Waals surface area contributed by atoms with E-state index in [9.17, 15) is 19.2 Å². The van der Waals surface area contributed by atoms with Crippen molar-refractivity contribution in [3.05, 3.63) is 12.2 Å². The van der Waals surface area contributed by atoms with Crippen LogP contribution in [0.15, 0.2) is 12.2 Å². The molecule has 1 aliphatic rings. The van der Waals surface area contributed by atoms with Gasteiger partial charge in [0.05, 0.1) is 19.8 Å². The van der Waals surface area contributed by atoms with Gasteiger partial charge in [0.1, 0.15) is 5.78 Å². The van der Waals surface area contributed by atoms with Crippen LogP contribution in [0.25, 0.3) is 0 Å². The molecule has 0 saturated heterocycles. The third kappa shape index (κ3) is 10.9. The zero-order valence-corrected chi connectivity index (χ0v) is 17.1. The van der Waals surface area contributed by atoms with Crippen LogP contribution in [0, 0.1) is 5.41 Å². The Hall–Kier alpha value is -2.06. The maximum atomic E-state index is 11.7. The predicted molar refractivity (Wildman–Crippen MR) is 103 cm³/mol. The molecule has 0 aromatic carbocycles. The predicted octanol–water partition coefficient (Wildman–Crippen LogP) is 1.24. The third-order valence-corrected chi connectivity index (χ3v) is 3.88. The number of Topliss-reactive ketones (excluding diaryl/α,β-unsaturated/α-hetero) is 1. The molecule has 0 aliphatic carbocycles. The largest absolute Gasteiger partial charge is 0.379 e. The smallest absolute Gasteiger partial charge is 0.253 e. The molecule has 158 valence electrons. The molecule has 1 N–H and O–H groups in total. The van der Waals surface area contributed by atoms with Gasteiger partial charge in [-0.2, -0.15) is 0 Å². The lowest BCUT2D eigenvalue weighted by Crippen LogP contribution is -2.35. The van der Waals surface area contributed by atoms with Crippen molar-refractivity contribution in [1.29, 1.82) is 0 Å². The Bertz CT molecular complexity index is 562. The highest BCUT2D eigenvalue weighted by molar-refractivity contribution is 6.13. The average Bonchev–Trinajstić information content (AvgIpc) is 2.91. The molecule has 0 bridgehead atoms. The first-order valence-electron chi connectivity index (χ1n) is 9.66. The Morgan fingerprint density at radius 1 is 0.964 bits per heavy atom. The Kier molecular flexibility index (Phi) is 10.6. The van der Waals surface area contributed by atoms with Gasteiger partial charge in [-0.05, 0) is 11.8 Å². The van der Waals surface area contributed by atoms with Gasteiger partial charge in [-0.3, -0.25) is 24.1 Å². The first-order chi connectivity index (χ1) is 13.2. The molecule has 0 unspecified atom stereocenters. The lowest BCUT2D eigenvalue weighted by atomic mass is 9.89. The van der Waals surface area contributed by atoms with Crippen LogP contribution >= 0.6 is 0 Å². The standard InChI is InChI=1S/C20H32N2O6/c1-20(2,3)15-16(23)5-4-11-27-13-14-28-12-9-21-17(24)8-10-22-18(25)6-7-19(22)26/h6-7H,4-5,8-15H2,1-3H3,(H,21,24). The summed E-state index contributed by atoms with van der Waals surface area (Å²) in [5.74, 6) is -0.760. The number of carbonyl (C=O) groups is 4. The van der Waals surface area contributed by atoms with E-state index in [-0.39, 0.29) is 41.9 Å². The molecule has 8 nitrogen and oxygen atoms in total. The molecule has 8 heteroatoms. The van der Waals surface area contributed by atoms with Crippen molar-refractivity contribution in [2.75, 3.05) is 39.5 Å². The van der Waals surface area contributed by atoms with E-state index in [1.54, 1.807) is 0 Å². The summed E-state index contributed by atoms with van der Waals surface area (Å²) >= 11 is 0. The van der Waals surface area contributed by atoms with Crippen molar-refractivity contribution in [1.82, 2.24) is 10.2 Å². The van der Waals surface area contributed by atoms with Crippen molar-refractivity contribution < 1.29 is 28.7 Å². The van der Waals surface area contributed by atoms with E-state index in [1.807, 2.05) is 20.8 Å². The summed E-state index contributed by atoms with van der Waals surface area (Å²) in [5, 5.41) is 2.67. The van der Waals surface area contributed by atoms with Gasteiger partial charge >= 0.3 is 0 Å². The molecule has 1 rings (SSSR count). The number of amides is 3. The minimum absolute atomic E-state index is 0.0292. The van der Waals surface area contributed by atoms with Gasteiger partial charge in [0.2, 0.25) is 5.91 Å². The molecule has 0 fully saturated rings. The molecule has 0 atom stereocenters. The minimum Gasteiger partial charge on any atom is -0.379 e. The van der Waals surface area contributed by atoms with Crippen LogP contribution in [0.3, 0.4) is 0 Å². The quantitative estimate of drug-likeness (QED) is 0.350. The van der Waals surface area contributed by atoms with Crippen molar-refractivity contribution in [2.45, 2.75) is 46.5 Å². The molecule has 3 amide bonds. The second kappa shape index (κ2) is 12.4. The second-order valence-electron chi connectivity index (χ2n) is 7.87. The third-order valence-electron chi connectivity index (χ3n) is 3.88. The number of nitrogens with one attached hydrogen (secondary N) is 1. The van der Waals surface area contributed by atoms with Crippen molar-refractivity contribution in [2.24, 2.45) is 5.41 Å². The summed E-state index contributed by atoms with van der Waals surface area (Å²) in [6, 6.07) is 0. The molecule has 0 aromatic heterocycles. The first-order valence-corrected chi connectivity index (χ1v) is 9.66. The summed E-state index contributed by atoms with van der Waals surface area (Å²) in [4.78, 5) is 47.1. The highest BCUT2D eigenvalue weighted by Crippen LogP contribution is 2.19. The Morgan fingerprint density at radius 2 is 1.57 bits per heavy atom. The van der Waals surface area contributed by atoms with E-state index in [2.05, 4.69) is 5.32 Å². The number of ether oxygens (including phenoxy) is 2. The topological polar surface area (TPSA) is 102 Å². The van der Waals surface area contributed by atoms with Gasteiger partial charge < -0.3 is 14.8 Å². The van der Waals surface area contributed by atoms with Gasteiger partial charge in [0.15, 0.2) is 0 Å². The summed E-state index contributed by atoms with van der Waals surface area (Å²) in [6.45, 7) is 8.29. The molecular weight excluding hydrogens is 364 g/mol. The molecular formula is C20H32N2O6. The summed E-state index contributed by atoms with van der Waals surface area (Å²) in [6.07, 6.45) is 4.29. The van der Waals surface area contributed by atoms with Crippen LogP contribution in [0.5, 0.6) is 0 Å². The number of imide groups is 1. The molecule has 0 saturated carbocycles. The highest BCUT2D eigenvalue weighted by Gasteiger charge is 2.23. The van der Waals surface area contributed by atoms with Crippen molar-refractivity contribution >= 4 is 23.5 Å². The van der Waals surface area contributed by atoms with Gasteiger partial charge in [-0.1, -0.05) is 20.8 Å². The summed E-state index contributed by atoms with van der Waals surface area (Å²) in [7, 11) is 0. The molecule has 1 aliphatic heterocycles. The SMILES string of the molecule is CC(C)(C)CC(=O)CCCOCCOCCNC(=O)CCN1C(=O)C=CC1=O. The lowest BCUT2D eigenvalue weighted by Gasteiger charge is -2.16. The number of hydrogen-bond donors (Lipinski definition) is 1. The summed E-state index contributed by atoms with van der Waals surface area (Å²) in [5.41, 5.74) is 0.0292. The van der Waals surface area contributed by atoms with E-state index in [4.69, 9.17) is 9.47 Å². The molecule has 0 radical (unpaired) electrons. The fourth-order valence-electron chi connectivity index (χ4n) is 2.59. The monoisotopic (exact) mass is 396 g/mol. The van der Waals surface area contributed by atoms with Crippen LogP contribution in [0.4, 0.5) is 0 Å². The minimum atomic E-state index is -0.389. The molecule has 1 heterocycles. The first kappa shape index (κ1) is 24.0. The Labute approximate surface area is 166 Å². The van der Waals surface area contributed by atoms with E-state index >= 15 is 0 Å². The van der Waals surface area contributed by atoms with Crippen LogP contribution in [0.2, 0.25) is 0 Å². The van der Waals surface area contributed by atoms with Crippen LogP contribution in [0.1, 0.15) is 46.5 Å². The van der Waals surface area contributed by atoms with E-state index in [1.165, 1.54) is 12.2 Å². The van der Waals surface area contributed by atoms with E-state index < -0.39 is 0 Å². The van der Waals surface area contributed by atoms with Crippen LogP contribution in [-0.4, -0.2) is 67.9 Å². The molecule has 0 aromatic rings. The van der Waals surface area contributed by atoms with Gasteiger partial charge in [-0.15, -0.1) is 0 Å². The average molecular weight is 396 g/mol. The van der Waals surface area contributed by atoms with Crippen molar-refractivity contribution in [3.8, 4) is 0 Å². The number of hydrogen-bond acceptors (Lipinski definition) is 6. The zero-order chi connectivity index (χ0) is 21.0. The Balaban J connectivity index is 1.90. The van der Waals surface area contributed by atoms with E-state index in [0.29, 0.717) is 52.2 Å². The van der Waals surface area contributed by atoms with Crippen LogP contribution in [-0.2, 0) is 28.7 Å². The van der Waals surface area contributed by atoms with Gasteiger partial charge in [-0.25, -0.2) is 0 Å². The van der Waals surface area contributed by atoms with Crippen molar-refractivity contribution in [3.63, 3.8) is 0 Å². The van der Waals surface area contributed by atoms with Gasteiger partial charge in [0, 0.05) is 51.1 Å². The van der Waals surface area contributed by atoms with E-state index in [0.717, 1.165) is 4.90 Å². The molecule has 28 heavy (non-hydrogen) atoms. The maximum absolute atomic E-state index is 11.7.